The van der Waals surface area contributed by atoms with E-state index in [4.69, 9.17) is 0 Å². The van der Waals surface area contributed by atoms with Crippen LogP contribution < -0.4 is 104 Å². The van der Waals surface area contributed by atoms with Gasteiger partial charge < -0.3 is 24.9 Å². The summed E-state index contributed by atoms with van der Waals surface area (Å²) in [4.78, 5) is 30.4. The van der Waals surface area contributed by atoms with Crippen molar-refractivity contribution in [2.75, 3.05) is 19.1 Å². The molecule has 0 spiro atoms. The van der Waals surface area contributed by atoms with Crippen LogP contribution in [-0.4, -0.2) is 29.7 Å². The molecule has 0 aromatic carbocycles. The number of hydroxylamine groups is 3. The molecule has 0 rings (SSSR count). The molecule has 13 heteroatoms. The SMILES string of the molecule is O=C([O-])C[N+]([O-])(C[P+](=O)[O-])C[P+](=O)[O-].[Na+].[Na+].[Na+]. The molecule has 0 amide bonds. The first-order valence-corrected chi connectivity index (χ1v) is 5.98. The molecular formula is C4H6NNa3O7P2+2. The van der Waals surface area contributed by atoms with Gasteiger partial charge in [-0.3, -0.25) is 4.65 Å². The summed E-state index contributed by atoms with van der Waals surface area (Å²) < 4.78 is 18.5. The van der Waals surface area contributed by atoms with Gasteiger partial charge in [-0.1, -0.05) is 9.13 Å². The van der Waals surface area contributed by atoms with Gasteiger partial charge in [0.05, 0.1) is 5.97 Å². The molecule has 0 aromatic heterocycles. The Morgan fingerprint density at radius 3 is 1.47 bits per heavy atom. The molecule has 0 N–H and O–H groups in total. The van der Waals surface area contributed by atoms with Crippen molar-refractivity contribution in [1.29, 1.82) is 0 Å². The minimum atomic E-state index is -3.15. The minimum absolute atomic E-state index is 0. The first-order valence-electron chi connectivity index (χ1n) is 3.26. The second-order valence-electron chi connectivity index (χ2n) is 2.54. The maximum atomic E-state index is 11.3. The van der Waals surface area contributed by atoms with Gasteiger partial charge in [0.1, 0.15) is 6.54 Å². The number of quaternary nitrogens is 1. The van der Waals surface area contributed by atoms with Crippen LogP contribution in [0.1, 0.15) is 0 Å². The van der Waals surface area contributed by atoms with Gasteiger partial charge in [0.15, 0.2) is 0 Å². The summed E-state index contributed by atoms with van der Waals surface area (Å²) in [5.74, 6) is -1.80. The zero-order valence-electron chi connectivity index (χ0n) is 9.82. The van der Waals surface area contributed by atoms with E-state index in [1.807, 2.05) is 0 Å². The number of carbonyl (C=O) groups is 1. The molecule has 0 radical (unpaired) electrons. The first kappa shape index (κ1) is 27.8. The number of carboxylic acids is 1. The Bertz CT molecular complexity index is 237. The maximum absolute atomic E-state index is 11.3. The largest absolute Gasteiger partial charge is 1.00 e. The van der Waals surface area contributed by atoms with Crippen molar-refractivity contribution in [1.82, 2.24) is 0 Å². The van der Waals surface area contributed by atoms with Gasteiger partial charge in [-0.2, -0.15) is 0 Å². The topological polar surface area (TPSA) is 143 Å². The predicted molar refractivity (Wildman–Crippen MR) is 38.4 cm³/mol. The summed E-state index contributed by atoms with van der Waals surface area (Å²) in [6, 6.07) is 0. The van der Waals surface area contributed by atoms with Crippen LogP contribution >= 0.6 is 16.1 Å². The average Bonchev–Trinajstić information content (AvgIpc) is 1.76. The summed E-state index contributed by atoms with van der Waals surface area (Å²) in [5, 5.41) is 21.3. The summed E-state index contributed by atoms with van der Waals surface area (Å²) in [6.07, 6.45) is -2.18. The Morgan fingerprint density at radius 2 is 1.29 bits per heavy atom. The van der Waals surface area contributed by atoms with Crippen LogP contribution in [0.25, 0.3) is 0 Å². The van der Waals surface area contributed by atoms with Crippen molar-refractivity contribution >= 4 is 22.0 Å². The van der Waals surface area contributed by atoms with E-state index < -0.39 is 45.8 Å². The van der Waals surface area contributed by atoms with Crippen LogP contribution in [0.2, 0.25) is 0 Å². The second kappa shape index (κ2) is 13.5. The van der Waals surface area contributed by atoms with Crippen molar-refractivity contribution in [3.63, 3.8) is 0 Å². The Morgan fingerprint density at radius 1 is 1.00 bits per heavy atom. The van der Waals surface area contributed by atoms with E-state index in [0.29, 0.717) is 0 Å². The predicted octanol–water partition coefficient (Wildman–Crippen LogP) is -11.8. The Labute approximate surface area is 166 Å². The van der Waals surface area contributed by atoms with E-state index >= 15 is 0 Å². The van der Waals surface area contributed by atoms with Crippen molar-refractivity contribution in [3.8, 4) is 0 Å². The van der Waals surface area contributed by atoms with Crippen LogP contribution in [-0.2, 0) is 13.9 Å². The monoisotopic (exact) mass is 311 g/mol. The number of carbonyl (C=O) groups excluding carboxylic acids is 1. The summed E-state index contributed by atoms with van der Waals surface area (Å²) >= 11 is 0. The van der Waals surface area contributed by atoms with Crippen molar-refractivity contribution in [2.45, 2.75) is 0 Å². The average molecular weight is 311 g/mol. The van der Waals surface area contributed by atoms with Crippen molar-refractivity contribution in [2.24, 2.45) is 0 Å². The Hall–Kier alpha value is 2.51. The molecule has 0 aliphatic carbocycles. The fourth-order valence-corrected chi connectivity index (χ4v) is 2.20. The van der Waals surface area contributed by atoms with Crippen LogP contribution in [0.4, 0.5) is 0 Å². The number of nitrogens with zero attached hydrogens (tertiary/aromatic N) is 1. The maximum Gasteiger partial charge on any atom is 1.00 e. The summed E-state index contributed by atoms with van der Waals surface area (Å²) in [6.45, 7) is -1.20. The fourth-order valence-electron chi connectivity index (χ4n) is 0.801. The van der Waals surface area contributed by atoms with E-state index in [0.717, 1.165) is 0 Å². The molecule has 0 heterocycles. The summed E-state index contributed by atoms with van der Waals surface area (Å²) in [5.41, 5.74) is 0. The quantitative estimate of drug-likeness (QED) is 0.205. The van der Waals surface area contributed by atoms with Crippen molar-refractivity contribution < 1.29 is 122 Å². The van der Waals surface area contributed by atoms with Crippen LogP contribution in [0.3, 0.4) is 0 Å². The first-order chi connectivity index (χ1) is 6.25. The van der Waals surface area contributed by atoms with Gasteiger partial charge >= 0.3 is 105 Å². The number of carboxylic acid groups (broad SMARTS) is 1. The molecule has 80 valence electrons. The van der Waals surface area contributed by atoms with Gasteiger partial charge in [-0.25, -0.2) is 0 Å². The van der Waals surface area contributed by atoms with Gasteiger partial charge in [0.25, 0.3) is 12.6 Å². The molecule has 0 saturated heterocycles. The van der Waals surface area contributed by atoms with E-state index in [2.05, 4.69) is 0 Å². The second-order valence-corrected chi connectivity index (χ2v) is 4.43. The molecule has 0 aromatic rings. The zero-order valence-corrected chi connectivity index (χ0v) is 17.6. The fraction of sp³-hybridized carbons (Fsp3) is 0.750. The molecule has 2 atom stereocenters. The smallest absolute Gasteiger partial charge is 0.626 e. The number of hydrogen-bond acceptors (Lipinski definition) is 7. The van der Waals surface area contributed by atoms with E-state index in [-0.39, 0.29) is 88.7 Å². The number of rotatable bonds is 6. The van der Waals surface area contributed by atoms with E-state index in [9.17, 15) is 34.0 Å². The Balaban J connectivity index is -0.000000282. The molecular weight excluding hydrogens is 305 g/mol. The van der Waals surface area contributed by atoms with Gasteiger partial charge in [-0.15, -0.1) is 0 Å². The standard InChI is InChI=1S/C4H7NO7P2.3Na/c6-4(7)1-5(8,2-13(9)10)3-14(11)12;;;/h1-3H2,(H,6,7);;;/q;3*+1/p-1. The normalized spacial score (nSPS) is 14.1. The number of hydrogen-bond donors (Lipinski definition) is 0. The van der Waals surface area contributed by atoms with Crippen LogP contribution in [0, 0.1) is 5.21 Å². The molecule has 8 nitrogen and oxygen atoms in total. The molecule has 17 heavy (non-hydrogen) atoms. The third kappa shape index (κ3) is 16.5. The van der Waals surface area contributed by atoms with Crippen LogP contribution in [0.5, 0.6) is 0 Å². The molecule has 0 aliphatic rings. The number of aliphatic carboxylic acids is 1. The Kier molecular flexibility index (Phi) is 22.1. The van der Waals surface area contributed by atoms with Gasteiger partial charge in [0, 0.05) is 0 Å². The molecule has 0 fully saturated rings. The summed E-state index contributed by atoms with van der Waals surface area (Å²) in [7, 11) is -6.30. The zero-order chi connectivity index (χ0) is 11.4. The molecule has 0 saturated carbocycles. The van der Waals surface area contributed by atoms with Gasteiger partial charge in [-0.05, 0) is 0 Å². The molecule has 0 bridgehead atoms. The van der Waals surface area contributed by atoms with E-state index in [1.165, 1.54) is 0 Å². The molecule has 0 aliphatic heterocycles. The third-order valence-corrected chi connectivity index (χ3v) is 2.66. The van der Waals surface area contributed by atoms with Crippen molar-refractivity contribution in [3.05, 3.63) is 5.21 Å². The van der Waals surface area contributed by atoms with Gasteiger partial charge in [0.2, 0.25) is 0 Å². The minimum Gasteiger partial charge on any atom is -0.626 e. The third-order valence-electron chi connectivity index (χ3n) is 1.16. The van der Waals surface area contributed by atoms with Crippen LogP contribution in [0.15, 0.2) is 0 Å². The molecule has 2 unspecified atom stereocenters. The van der Waals surface area contributed by atoms with E-state index in [1.54, 1.807) is 0 Å².